The van der Waals surface area contributed by atoms with E-state index in [0.29, 0.717) is 5.69 Å². The van der Waals surface area contributed by atoms with Crippen molar-refractivity contribution >= 4 is 17.4 Å². The monoisotopic (exact) mass is 346 g/mol. The second-order valence-corrected chi connectivity index (χ2v) is 6.39. The number of hydrogen-bond donors (Lipinski definition) is 1. The maximum atomic E-state index is 12.4. The lowest BCUT2D eigenvalue weighted by Gasteiger charge is -2.17. The Morgan fingerprint density at radius 3 is 2.46 bits per heavy atom. The van der Waals surface area contributed by atoms with Crippen LogP contribution in [0.25, 0.3) is 0 Å². The quantitative estimate of drug-likeness (QED) is 0.759. The van der Waals surface area contributed by atoms with Crippen LogP contribution >= 0.6 is 0 Å². The lowest BCUT2D eigenvalue weighted by molar-refractivity contribution is 0.102. The van der Waals surface area contributed by atoms with Crippen molar-refractivity contribution in [1.29, 1.82) is 0 Å². The number of carbonyl (C=O) groups is 1. The van der Waals surface area contributed by atoms with Crippen molar-refractivity contribution in [3.63, 3.8) is 0 Å². The Labute approximate surface area is 153 Å². The molecule has 2 aromatic carbocycles. The summed E-state index contributed by atoms with van der Waals surface area (Å²) in [6, 6.07) is 19.6. The molecule has 3 aromatic rings. The number of carbonyl (C=O) groups excluding carboxylic acids is 1. The molecule has 3 rings (SSSR count). The van der Waals surface area contributed by atoms with Gasteiger partial charge in [-0.25, -0.2) is 0 Å². The number of benzene rings is 2. The predicted molar refractivity (Wildman–Crippen MR) is 104 cm³/mol. The molecule has 1 heterocycles. The molecule has 0 aliphatic carbocycles. The summed E-state index contributed by atoms with van der Waals surface area (Å²) in [6.45, 7) is 4.68. The molecule has 5 heteroatoms. The predicted octanol–water partition coefficient (Wildman–Crippen LogP) is 3.98. The van der Waals surface area contributed by atoms with Gasteiger partial charge in [0.25, 0.3) is 5.91 Å². The van der Waals surface area contributed by atoms with Crippen molar-refractivity contribution in [3.8, 4) is 0 Å². The SMILES string of the molecule is Cc1ccc(C)c(NC(=O)c2ccc(N(C)Cc3ccccc3)nn2)c1. The van der Waals surface area contributed by atoms with E-state index in [0.717, 1.165) is 29.2 Å². The fourth-order valence-corrected chi connectivity index (χ4v) is 2.65. The van der Waals surface area contributed by atoms with E-state index in [9.17, 15) is 4.79 Å². The Bertz CT molecular complexity index is 892. The van der Waals surface area contributed by atoms with Gasteiger partial charge in [-0.15, -0.1) is 10.2 Å². The molecule has 0 radical (unpaired) electrons. The first-order chi connectivity index (χ1) is 12.5. The lowest BCUT2D eigenvalue weighted by Crippen LogP contribution is -2.20. The first-order valence-corrected chi connectivity index (χ1v) is 8.50. The van der Waals surface area contributed by atoms with Crippen LogP contribution in [0.4, 0.5) is 11.5 Å². The molecular formula is C21H22N4O. The zero-order valence-corrected chi connectivity index (χ0v) is 15.2. The van der Waals surface area contributed by atoms with E-state index >= 15 is 0 Å². The van der Waals surface area contributed by atoms with Crippen LogP contribution in [0.15, 0.2) is 60.7 Å². The number of hydrogen-bond acceptors (Lipinski definition) is 4. The minimum atomic E-state index is -0.261. The highest BCUT2D eigenvalue weighted by Crippen LogP contribution is 2.17. The molecule has 0 saturated heterocycles. The molecule has 1 aromatic heterocycles. The van der Waals surface area contributed by atoms with E-state index in [1.54, 1.807) is 6.07 Å². The van der Waals surface area contributed by atoms with Crippen LogP contribution in [0, 0.1) is 13.8 Å². The Morgan fingerprint density at radius 1 is 1.00 bits per heavy atom. The van der Waals surface area contributed by atoms with Gasteiger partial charge in [-0.1, -0.05) is 42.5 Å². The molecule has 0 atom stereocenters. The van der Waals surface area contributed by atoms with Gasteiger partial charge in [0.05, 0.1) is 0 Å². The zero-order chi connectivity index (χ0) is 18.5. The van der Waals surface area contributed by atoms with Crippen molar-refractivity contribution in [1.82, 2.24) is 10.2 Å². The molecular weight excluding hydrogens is 324 g/mol. The molecule has 5 nitrogen and oxygen atoms in total. The van der Waals surface area contributed by atoms with Gasteiger partial charge < -0.3 is 10.2 Å². The summed E-state index contributed by atoms with van der Waals surface area (Å²) in [6.07, 6.45) is 0. The molecule has 0 saturated carbocycles. The summed E-state index contributed by atoms with van der Waals surface area (Å²) in [4.78, 5) is 14.4. The van der Waals surface area contributed by atoms with Crippen LogP contribution in [0.5, 0.6) is 0 Å². The highest BCUT2D eigenvalue weighted by Gasteiger charge is 2.11. The highest BCUT2D eigenvalue weighted by molar-refractivity contribution is 6.03. The smallest absolute Gasteiger partial charge is 0.276 e. The third-order valence-electron chi connectivity index (χ3n) is 4.18. The largest absolute Gasteiger partial charge is 0.354 e. The van der Waals surface area contributed by atoms with E-state index in [-0.39, 0.29) is 5.91 Å². The second kappa shape index (κ2) is 7.78. The van der Waals surface area contributed by atoms with E-state index in [2.05, 4.69) is 27.6 Å². The number of amides is 1. The highest BCUT2D eigenvalue weighted by atomic mass is 16.1. The van der Waals surface area contributed by atoms with Crippen molar-refractivity contribution < 1.29 is 4.79 Å². The van der Waals surface area contributed by atoms with Crippen molar-refractivity contribution in [2.45, 2.75) is 20.4 Å². The fraction of sp³-hybridized carbons (Fsp3) is 0.190. The molecule has 0 unspecified atom stereocenters. The first kappa shape index (κ1) is 17.6. The minimum absolute atomic E-state index is 0.261. The van der Waals surface area contributed by atoms with E-state index < -0.39 is 0 Å². The summed E-state index contributed by atoms with van der Waals surface area (Å²) in [5.74, 6) is 0.459. The van der Waals surface area contributed by atoms with Crippen LogP contribution in [0.3, 0.4) is 0 Å². The van der Waals surface area contributed by atoms with E-state index in [1.165, 1.54) is 5.56 Å². The Hall–Kier alpha value is -3.21. The minimum Gasteiger partial charge on any atom is -0.354 e. The molecule has 132 valence electrons. The number of nitrogens with one attached hydrogen (secondary N) is 1. The third kappa shape index (κ3) is 4.25. The molecule has 1 N–H and O–H groups in total. The van der Waals surface area contributed by atoms with Crippen LogP contribution in [-0.2, 0) is 6.54 Å². The van der Waals surface area contributed by atoms with Gasteiger partial charge in [0.2, 0.25) is 0 Å². The van der Waals surface area contributed by atoms with Gasteiger partial charge in [0.1, 0.15) is 0 Å². The van der Waals surface area contributed by atoms with Gasteiger partial charge in [0.15, 0.2) is 11.5 Å². The number of rotatable bonds is 5. The molecule has 1 amide bonds. The lowest BCUT2D eigenvalue weighted by atomic mass is 10.1. The molecule has 0 bridgehead atoms. The summed E-state index contributed by atoms with van der Waals surface area (Å²) < 4.78 is 0. The van der Waals surface area contributed by atoms with Crippen LogP contribution in [-0.4, -0.2) is 23.2 Å². The van der Waals surface area contributed by atoms with Crippen molar-refractivity contribution in [2.24, 2.45) is 0 Å². The van der Waals surface area contributed by atoms with Gasteiger partial charge >= 0.3 is 0 Å². The Kier molecular flexibility index (Phi) is 5.27. The average molecular weight is 346 g/mol. The summed E-state index contributed by atoms with van der Waals surface area (Å²) in [5.41, 5.74) is 4.38. The summed E-state index contributed by atoms with van der Waals surface area (Å²) >= 11 is 0. The molecule has 0 aliphatic heterocycles. The van der Waals surface area contributed by atoms with Crippen LogP contribution < -0.4 is 10.2 Å². The van der Waals surface area contributed by atoms with Gasteiger partial charge in [0, 0.05) is 19.3 Å². The van der Waals surface area contributed by atoms with Crippen molar-refractivity contribution in [2.75, 3.05) is 17.3 Å². The zero-order valence-electron chi connectivity index (χ0n) is 15.2. The van der Waals surface area contributed by atoms with Crippen LogP contribution in [0.2, 0.25) is 0 Å². The number of nitrogens with zero attached hydrogens (tertiary/aromatic N) is 3. The van der Waals surface area contributed by atoms with E-state index in [1.807, 2.05) is 68.3 Å². The van der Waals surface area contributed by atoms with Gasteiger partial charge in [-0.2, -0.15) is 0 Å². The van der Waals surface area contributed by atoms with Crippen molar-refractivity contribution in [3.05, 3.63) is 83.0 Å². The second-order valence-electron chi connectivity index (χ2n) is 6.39. The number of aryl methyl sites for hydroxylation is 2. The molecule has 0 spiro atoms. The normalized spacial score (nSPS) is 10.4. The van der Waals surface area contributed by atoms with Gasteiger partial charge in [-0.3, -0.25) is 4.79 Å². The first-order valence-electron chi connectivity index (χ1n) is 8.50. The maximum Gasteiger partial charge on any atom is 0.276 e. The Morgan fingerprint density at radius 2 is 1.77 bits per heavy atom. The fourth-order valence-electron chi connectivity index (χ4n) is 2.65. The summed E-state index contributed by atoms with van der Waals surface area (Å²) in [7, 11) is 1.95. The molecule has 26 heavy (non-hydrogen) atoms. The van der Waals surface area contributed by atoms with E-state index in [4.69, 9.17) is 0 Å². The van der Waals surface area contributed by atoms with Gasteiger partial charge in [-0.05, 0) is 48.7 Å². The number of aromatic nitrogens is 2. The Balaban J connectivity index is 1.68. The molecule has 0 fully saturated rings. The standard InChI is InChI=1S/C21H22N4O/c1-15-9-10-16(2)19(13-15)22-21(26)18-11-12-20(24-23-18)25(3)14-17-7-5-4-6-8-17/h4-13H,14H2,1-3H3,(H,22,26). The number of anilines is 2. The average Bonchev–Trinajstić information content (AvgIpc) is 2.65. The topological polar surface area (TPSA) is 58.1 Å². The molecule has 0 aliphatic rings. The summed E-state index contributed by atoms with van der Waals surface area (Å²) in [5, 5.41) is 11.2. The van der Waals surface area contributed by atoms with Crippen LogP contribution in [0.1, 0.15) is 27.2 Å². The third-order valence-corrected chi connectivity index (χ3v) is 4.18. The maximum absolute atomic E-state index is 12.4.